The zero-order valence-electron chi connectivity index (χ0n) is 13.7. The molecule has 0 unspecified atom stereocenters. The van der Waals surface area contributed by atoms with E-state index in [9.17, 15) is 12.8 Å². The first kappa shape index (κ1) is 16.3. The Morgan fingerprint density at radius 1 is 1.04 bits per heavy atom. The SMILES string of the molecule is O=S(=O)(c1cccc(F)c1)n1cc(C2CCNCC2)c2ccccc21. The van der Waals surface area contributed by atoms with Crippen LogP contribution in [0.1, 0.15) is 24.3 Å². The number of benzene rings is 2. The highest BCUT2D eigenvalue weighted by molar-refractivity contribution is 7.90. The molecule has 25 heavy (non-hydrogen) atoms. The summed E-state index contributed by atoms with van der Waals surface area (Å²) in [5.41, 5.74) is 1.69. The third kappa shape index (κ3) is 2.85. The Hall–Kier alpha value is -2.18. The van der Waals surface area contributed by atoms with Crippen LogP contribution in [0.5, 0.6) is 0 Å². The highest BCUT2D eigenvalue weighted by Gasteiger charge is 2.25. The van der Waals surface area contributed by atoms with Crippen molar-refractivity contribution in [2.75, 3.05) is 13.1 Å². The Bertz CT molecular complexity index is 1020. The van der Waals surface area contributed by atoms with E-state index in [1.54, 1.807) is 12.3 Å². The van der Waals surface area contributed by atoms with Crippen LogP contribution in [0.25, 0.3) is 10.9 Å². The zero-order chi connectivity index (χ0) is 17.4. The molecule has 1 saturated heterocycles. The number of piperidine rings is 1. The van der Waals surface area contributed by atoms with Gasteiger partial charge >= 0.3 is 0 Å². The average Bonchev–Trinajstić information content (AvgIpc) is 3.03. The molecule has 0 atom stereocenters. The Morgan fingerprint density at radius 3 is 2.56 bits per heavy atom. The molecule has 0 bridgehead atoms. The highest BCUT2D eigenvalue weighted by atomic mass is 32.2. The smallest absolute Gasteiger partial charge is 0.268 e. The number of rotatable bonds is 3. The Balaban J connectivity index is 1.90. The van der Waals surface area contributed by atoms with Crippen LogP contribution in [0.2, 0.25) is 0 Å². The number of aromatic nitrogens is 1. The fourth-order valence-corrected chi connectivity index (χ4v) is 4.98. The molecule has 1 fully saturated rings. The average molecular weight is 358 g/mol. The van der Waals surface area contributed by atoms with Gasteiger partial charge in [0.25, 0.3) is 10.0 Å². The van der Waals surface area contributed by atoms with Crippen LogP contribution >= 0.6 is 0 Å². The van der Waals surface area contributed by atoms with Gasteiger partial charge in [0.1, 0.15) is 5.82 Å². The van der Waals surface area contributed by atoms with E-state index in [0.29, 0.717) is 11.4 Å². The summed E-state index contributed by atoms with van der Waals surface area (Å²) in [4.78, 5) is -0.0369. The summed E-state index contributed by atoms with van der Waals surface area (Å²) < 4.78 is 41.0. The quantitative estimate of drug-likeness (QED) is 0.780. The van der Waals surface area contributed by atoms with Crippen molar-refractivity contribution >= 4 is 20.9 Å². The van der Waals surface area contributed by atoms with Crippen LogP contribution in [0.3, 0.4) is 0 Å². The summed E-state index contributed by atoms with van der Waals surface area (Å²) in [5.74, 6) is -0.230. The molecule has 4 nitrogen and oxygen atoms in total. The van der Waals surface area contributed by atoms with Gasteiger partial charge in [-0.05, 0) is 61.7 Å². The predicted octanol–water partition coefficient (Wildman–Crippen LogP) is 3.48. The van der Waals surface area contributed by atoms with E-state index in [4.69, 9.17) is 0 Å². The summed E-state index contributed by atoms with van der Waals surface area (Å²) in [5, 5.41) is 4.29. The van der Waals surface area contributed by atoms with Gasteiger partial charge in [-0.1, -0.05) is 24.3 Å². The summed E-state index contributed by atoms with van der Waals surface area (Å²) >= 11 is 0. The second kappa shape index (κ2) is 6.28. The van der Waals surface area contributed by atoms with Crippen molar-refractivity contribution < 1.29 is 12.8 Å². The van der Waals surface area contributed by atoms with Crippen LogP contribution in [0, 0.1) is 5.82 Å². The van der Waals surface area contributed by atoms with Crippen molar-refractivity contribution in [3.05, 3.63) is 66.1 Å². The number of para-hydroxylation sites is 1. The van der Waals surface area contributed by atoms with Gasteiger partial charge in [0, 0.05) is 11.6 Å². The maximum absolute atomic E-state index is 13.5. The molecule has 0 saturated carbocycles. The first-order valence-corrected chi connectivity index (χ1v) is 9.83. The third-order valence-corrected chi connectivity index (χ3v) is 6.51. The van der Waals surface area contributed by atoms with Gasteiger partial charge in [-0.15, -0.1) is 0 Å². The second-order valence-corrected chi connectivity index (χ2v) is 8.20. The fourth-order valence-electron chi connectivity index (χ4n) is 3.57. The topological polar surface area (TPSA) is 51.1 Å². The van der Waals surface area contributed by atoms with Crippen LogP contribution in [-0.2, 0) is 10.0 Å². The van der Waals surface area contributed by atoms with Gasteiger partial charge in [0.05, 0.1) is 10.4 Å². The molecule has 1 aliphatic rings. The minimum Gasteiger partial charge on any atom is -0.317 e. The van der Waals surface area contributed by atoms with Gasteiger partial charge in [0.15, 0.2) is 0 Å². The standard InChI is InChI=1S/C19H19FN2O2S/c20-15-4-3-5-16(12-15)25(23,24)22-13-18(14-8-10-21-11-9-14)17-6-1-2-7-19(17)22/h1-7,12-14,21H,8-11H2. The predicted molar refractivity (Wildman–Crippen MR) is 95.8 cm³/mol. The van der Waals surface area contributed by atoms with Crippen molar-refractivity contribution in [2.45, 2.75) is 23.7 Å². The second-order valence-electron chi connectivity index (χ2n) is 6.38. The van der Waals surface area contributed by atoms with Crippen molar-refractivity contribution in [1.29, 1.82) is 0 Å². The molecule has 3 aromatic rings. The van der Waals surface area contributed by atoms with Gasteiger partial charge < -0.3 is 5.32 Å². The summed E-state index contributed by atoms with van der Waals surface area (Å²) in [6, 6.07) is 12.7. The summed E-state index contributed by atoms with van der Waals surface area (Å²) in [7, 11) is -3.84. The monoisotopic (exact) mass is 358 g/mol. The molecule has 6 heteroatoms. The van der Waals surface area contributed by atoms with Crippen molar-refractivity contribution in [3.63, 3.8) is 0 Å². The number of halogens is 1. The number of fused-ring (bicyclic) bond motifs is 1. The molecule has 0 spiro atoms. The van der Waals surface area contributed by atoms with Crippen LogP contribution in [0.4, 0.5) is 4.39 Å². The molecule has 1 N–H and O–H groups in total. The first-order chi connectivity index (χ1) is 12.1. The van der Waals surface area contributed by atoms with Gasteiger partial charge in [-0.2, -0.15) is 0 Å². The lowest BCUT2D eigenvalue weighted by molar-refractivity contribution is 0.462. The fraction of sp³-hybridized carbons (Fsp3) is 0.263. The van der Waals surface area contributed by atoms with Crippen molar-refractivity contribution in [1.82, 2.24) is 9.29 Å². The molecule has 130 valence electrons. The number of hydrogen-bond donors (Lipinski definition) is 1. The minimum absolute atomic E-state index is 0.0369. The maximum atomic E-state index is 13.5. The van der Waals surface area contributed by atoms with E-state index in [1.807, 2.05) is 18.2 Å². The lowest BCUT2D eigenvalue weighted by atomic mass is 9.90. The normalized spacial score (nSPS) is 16.4. The van der Waals surface area contributed by atoms with Crippen molar-refractivity contribution in [2.24, 2.45) is 0 Å². The number of nitrogens with one attached hydrogen (secondary N) is 1. The van der Waals surface area contributed by atoms with Crippen LogP contribution < -0.4 is 5.32 Å². The molecule has 0 radical (unpaired) electrons. The summed E-state index contributed by atoms with van der Waals surface area (Å²) in [6.45, 7) is 1.86. The Kier molecular flexibility index (Phi) is 4.09. The molecule has 0 amide bonds. The lowest BCUT2D eigenvalue weighted by Gasteiger charge is -2.22. The lowest BCUT2D eigenvalue weighted by Crippen LogP contribution is -2.26. The minimum atomic E-state index is -3.84. The first-order valence-electron chi connectivity index (χ1n) is 8.39. The Labute approximate surface area is 146 Å². The molecule has 2 aromatic carbocycles. The van der Waals surface area contributed by atoms with E-state index in [0.717, 1.165) is 42.9 Å². The molecule has 1 aromatic heterocycles. The molecule has 1 aliphatic heterocycles. The van der Waals surface area contributed by atoms with Crippen LogP contribution in [-0.4, -0.2) is 25.5 Å². The van der Waals surface area contributed by atoms with Gasteiger partial charge in [0.2, 0.25) is 0 Å². The Morgan fingerprint density at radius 2 is 1.80 bits per heavy atom. The third-order valence-electron chi connectivity index (χ3n) is 4.84. The molecular weight excluding hydrogens is 339 g/mol. The molecule has 2 heterocycles. The number of hydrogen-bond acceptors (Lipinski definition) is 3. The van der Waals surface area contributed by atoms with Crippen molar-refractivity contribution in [3.8, 4) is 0 Å². The maximum Gasteiger partial charge on any atom is 0.268 e. The van der Waals surface area contributed by atoms with E-state index in [1.165, 1.54) is 22.2 Å². The zero-order valence-corrected chi connectivity index (χ0v) is 14.5. The van der Waals surface area contributed by atoms with E-state index < -0.39 is 15.8 Å². The van der Waals surface area contributed by atoms with E-state index in [-0.39, 0.29) is 4.90 Å². The van der Waals surface area contributed by atoms with Gasteiger partial charge in [-0.25, -0.2) is 16.8 Å². The highest BCUT2D eigenvalue weighted by Crippen LogP contribution is 2.34. The molecular formula is C19H19FN2O2S. The summed E-state index contributed by atoms with van der Waals surface area (Å²) in [6.07, 6.45) is 3.68. The molecule has 0 aliphatic carbocycles. The van der Waals surface area contributed by atoms with E-state index >= 15 is 0 Å². The van der Waals surface area contributed by atoms with Gasteiger partial charge in [-0.3, -0.25) is 0 Å². The number of nitrogens with zero attached hydrogens (tertiary/aromatic N) is 1. The largest absolute Gasteiger partial charge is 0.317 e. The van der Waals surface area contributed by atoms with E-state index in [2.05, 4.69) is 5.32 Å². The molecule has 4 rings (SSSR count). The van der Waals surface area contributed by atoms with Crippen LogP contribution in [0.15, 0.2) is 59.6 Å².